The second kappa shape index (κ2) is 10.9. The van der Waals surface area contributed by atoms with Crippen molar-refractivity contribution in [3.8, 4) is 29.2 Å². The van der Waals surface area contributed by atoms with Crippen LogP contribution in [0.5, 0.6) is 5.75 Å². The lowest BCUT2D eigenvalue weighted by Gasteiger charge is -2.32. The third kappa shape index (κ3) is 6.09. The van der Waals surface area contributed by atoms with E-state index in [1.165, 1.54) is 5.56 Å². The van der Waals surface area contributed by atoms with E-state index in [9.17, 15) is 0 Å². The van der Waals surface area contributed by atoms with Gasteiger partial charge in [-0.2, -0.15) is 0 Å². The highest BCUT2D eigenvalue weighted by atomic mass is 16.5. The van der Waals surface area contributed by atoms with Crippen LogP contribution in [0.1, 0.15) is 43.9 Å². The van der Waals surface area contributed by atoms with Crippen molar-refractivity contribution in [2.75, 3.05) is 25.0 Å². The molecule has 0 bridgehead atoms. The summed E-state index contributed by atoms with van der Waals surface area (Å²) in [6.45, 7) is 7.49. The smallest absolute Gasteiger partial charge is 0.223 e. The highest BCUT2D eigenvalue weighted by molar-refractivity contribution is 5.65. The maximum atomic E-state index is 5.47. The normalized spacial score (nSPS) is 14.7. The second-order valence-corrected chi connectivity index (χ2v) is 8.72. The van der Waals surface area contributed by atoms with Crippen molar-refractivity contribution in [2.24, 2.45) is 0 Å². The van der Waals surface area contributed by atoms with E-state index < -0.39 is 0 Å². The van der Waals surface area contributed by atoms with Crippen LogP contribution < -0.4 is 10.1 Å². The Kier molecular flexibility index (Phi) is 7.54. The molecule has 0 radical (unpaired) electrons. The molecule has 0 amide bonds. The van der Waals surface area contributed by atoms with Gasteiger partial charge in [0.25, 0.3) is 0 Å². The van der Waals surface area contributed by atoms with Crippen molar-refractivity contribution in [1.29, 1.82) is 0 Å². The predicted molar refractivity (Wildman–Crippen MR) is 132 cm³/mol. The summed E-state index contributed by atoms with van der Waals surface area (Å²) < 4.78 is 5.47. The third-order valence-corrected chi connectivity index (χ3v) is 5.83. The maximum Gasteiger partial charge on any atom is 0.223 e. The number of benzene rings is 1. The number of hydrogen-bond acceptors (Lipinski definition) is 6. The molecule has 1 aliphatic rings. The molecule has 0 spiro atoms. The summed E-state index contributed by atoms with van der Waals surface area (Å²) >= 11 is 0. The standard InChI is InChI=1S/C27H31N5O/c1-4-16-33-24-9-7-21(8-10-24)19-32-14-11-22(12-15-32)26-25(23-6-5-13-28-17-23)18-29-27(31-26)30-20(2)3/h1,5-10,13,17-18,20,22H,11-12,14-16,19H2,2-3H3,(H,29,30,31). The molecule has 6 heteroatoms. The summed E-state index contributed by atoms with van der Waals surface area (Å²) in [7, 11) is 0. The first-order chi connectivity index (χ1) is 16.1. The Balaban J connectivity index is 1.44. The van der Waals surface area contributed by atoms with Gasteiger partial charge < -0.3 is 10.1 Å². The lowest BCUT2D eigenvalue weighted by atomic mass is 9.89. The van der Waals surface area contributed by atoms with Crippen molar-refractivity contribution >= 4 is 5.95 Å². The van der Waals surface area contributed by atoms with Crippen LogP contribution in [0.2, 0.25) is 0 Å². The van der Waals surface area contributed by atoms with Gasteiger partial charge in [0.2, 0.25) is 5.95 Å². The summed E-state index contributed by atoms with van der Waals surface area (Å²) in [6, 6.07) is 12.5. The molecule has 3 heterocycles. The van der Waals surface area contributed by atoms with Gasteiger partial charge in [-0.1, -0.05) is 24.1 Å². The lowest BCUT2D eigenvalue weighted by molar-refractivity contribution is 0.203. The second-order valence-electron chi connectivity index (χ2n) is 8.72. The molecule has 1 aromatic carbocycles. The number of likely N-dealkylation sites (tertiary alicyclic amines) is 1. The van der Waals surface area contributed by atoms with Gasteiger partial charge in [-0.05, 0) is 63.5 Å². The molecule has 0 atom stereocenters. The van der Waals surface area contributed by atoms with E-state index in [1.54, 1.807) is 6.20 Å². The third-order valence-electron chi connectivity index (χ3n) is 5.83. The van der Waals surface area contributed by atoms with E-state index in [-0.39, 0.29) is 6.04 Å². The minimum atomic E-state index is 0.285. The first-order valence-electron chi connectivity index (χ1n) is 11.5. The highest BCUT2D eigenvalue weighted by Gasteiger charge is 2.25. The molecule has 1 aliphatic heterocycles. The molecule has 0 unspecified atom stereocenters. The fourth-order valence-corrected chi connectivity index (χ4v) is 4.22. The molecule has 170 valence electrons. The van der Waals surface area contributed by atoms with Crippen LogP contribution >= 0.6 is 0 Å². The van der Waals surface area contributed by atoms with Crippen LogP contribution in [0.4, 0.5) is 5.95 Å². The molecular weight excluding hydrogens is 410 g/mol. The molecule has 0 aliphatic carbocycles. The summed E-state index contributed by atoms with van der Waals surface area (Å²) in [4.78, 5) is 16.3. The Morgan fingerprint density at radius 1 is 1.15 bits per heavy atom. The van der Waals surface area contributed by atoms with E-state index in [2.05, 4.69) is 58.2 Å². The van der Waals surface area contributed by atoms with Crippen LogP contribution in [-0.2, 0) is 6.54 Å². The number of nitrogens with zero attached hydrogens (tertiary/aromatic N) is 4. The molecule has 6 nitrogen and oxygen atoms in total. The molecule has 3 aromatic rings. The van der Waals surface area contributed by atoms with Gasteiger partial charge in [0.1, 0.15) is 12.4 Å². The topological polar surface area (TPSA) is 63.2 Å². The van der Waals surface area contributed by atoms with Gasteiger partial charge in [0.15, 0.2) is 0 Å². The summed E-state index contributed by atoms with van der Waals surface area (Å²) in [5.41, 5.74) is 4.55. The minimum absolute atomic E-state index is 0.285. The summed E-state index contributed by atoms with van der Waals surface area (Å²) in [5, 5.41) is 3.35. The van der Waals surface area contributed by atoms with Gasteiger partial charge in [0, 0.05) is 48.2 Å². The van der Waals surface area contributed by atoms with Gasteiger partial charge in [-0.25, -0.2) is 9.97 Å². The van der Waals surface area contributed by atoms with Gasteiger partial charge in [-0.15, -0.1) is 6.42 Å². The minimum Gasteiger partial charge on any atom is -0.481 e. The van der Waals surface area contributed by atoms with Crippen LogP contribution in [-0.4, -0.2) is 45.6 Å². The Hall–Kier alpha value is -3.43. The van der Waals surface area contributed by atoms with Crippen molar-refractivity contribution in [2.45, 2.75) is 45.2 Å². The van der Waals surface area contributed by atoms with Crippen LogP contribution in [0, 0.1) is 12.3 Å². The number of hydrogen-bond donors (Lipinski definition) is 1. The van der Waals surface area contributed by atoms with Crippen molar-refractivity contribution in [3.05, 3.63) is 66.2 Å². The van der Waals surface area contributed by atoms with Gasteiger partial charge in [-0.3, -0.25) is 9.88 Å². The molecule has 1 fully saturated rings. The number of pyridine rings is 1. The first-order valence-corrected chi connectivity index (χ1v) is 11.5. The average Bonchev–Trinajstić information content (AvgIpc) is 2.84. The Labute approximate surface area is 196 Å². The SMILES string of the molecule is C#CCOc1ccc(CN2CCC(c3nc(NC(C)C)ncc3-c3cccnc3)CC2)cc1. The van der Waals surface area contributed by atoms with Crippen LogP contribution in [0.25, 0.3) is 11.1 Å². The molecule has 33 heavy (non-hydrogen) atoms. The molecule has 1 saturated heterocycles. The summed E-state index contributed by atoms with van der Waals surface area (Å²) in [6.07, 6.45) is 13.0. The lowest BCUT2D eigenvalue weighted by Crippen LogP contribution is -2.33. The zero-order chi connectivity index (χ0) is 23.0. The van der Waals surface area contributed by atoms with E-state index in [0.29, 0.717) is 18.5 Å². The van der Waals surface area contributed by atoms with Gasteiger partial charge >= 0.3 is 0 Å². The van der Waals surface area contributed by atoms with E-state index in [1.807, 2.05) is 30.6 Å². The molecule has 4 rings (SSSR count). The van der Waals surface area contributed by atoms with Crippen LogP contribution in [0.15, 0.2) is 55.0 Å². The van der Waals surface area contributed by atoms with Crippen LogP contribution in [0.3, 0.4) is 0 Å². The summed E-state index contributed by atoms with van der Waals surface area (Å²) in [5.74, 6) is 4.40. The first kappa shape index (κ1) is 22.8. The zero-order valence-corrected chi connectivity index (χ0v) is 19.4. The molecular formula is C27H31N5O. The largest absolute Gasteiger partial charge is 0.481 e. The fourth-order valence-electron chi connectivity index (χ4n) is 4.22. The number of terminal acetylenes is 1. The van der Waals surface area contributed by atoms with Gasteiger partial charge in [0.05, 0.1) is 5.69 Å². The average molecular weight is 442 g/mol. The quantitative estimate of drug-likeness (QED) is 0.509. The van der Waals surface area contributed by atoms with E-state index in [0.717, 1.165) is 55.0 Å². The Bertz CT molecular complexity index is 1070. The number of ether oxygens (including phenoxy) is 1. The van der Waals surface area contributed by atoms with E-state index >= 15 is 0 Å². The monoisotopic (exact) mass is 441 g/mol. The highest BCUT2D eigenvalue weighted by Crippen LogP contribution is 2.34. The molecule has 2 aromatic heterocycles. The van der Waals surface area contributed by atoms with E-state index in [4.69, 9.17) is 16.1 Å². The number of anilines is 1. The van der Waals surface area contributed by atoms with Crippen molar-refractivity contribution < 1.29 is 4.74 Å². The number of aromatic nitrogens is 3. The number of nitrogens with one attached hydrogen (secondary N) is 1. The predicted octanol–water partition coefficient (Wildman–Crippen LogP) is 4.75. The fraction of sp³-hybridized carbons (Fsp3) is 0.370. The zero-order valence-electron chi connectivity index (χ0n) is 19.4. The number of rotatable bonds is 8. The van der Waals surface area contributed by atoms with Crippen molar-refractivity contribution in [1.82, 2.24) is 19.9 Å². The maximum absolute atomic E-state index is 5.47. The molecule has 1 N–H and O–H groups in total. The van der Waals surface area contributed by atoms with Crippen molar-refractivity contribution in [3.63, 3.8) is 0 Å². The Morgan fingerprint density at radius 2 is 1.94 bits per heavy atom. The Morgan fingerprint density at radius 3 is 2.61 bits per heavy atom. The number of piperidine rings is 1. The molecule has 0 saturated carbocycles.